The number of benzene rings is 1. The Balaban J connectivity index is 1.57. The van der Waals surface area contributed by atoms with E-state index < -0.39 is 0 Å². The van der Waals surface area contributed by atoms with Gasteiger partial charge >= 0.3 is 0 Å². The number of hydrogen-bond donors (Lipinski definition) is 2. The molecule has 3 aromatic rings. The molecule has 0 radical (unpaired) electrons. The number of aliphatic hydroxyl groups excluding tert-OH is 1. The number of pyridine rings is 1. The molecular formula is C17H17N3O2S. The molecule has 0 aliphatic heterocycles. The Morgan fingerprint density at radius 2 is 1.96 bits per heavy atom. The second-order valence-corrected chi connectivity index (χ2v) is 5.91. The Morgan fingerprint density at radius 3 is 2.70 bits per heavy atom. The van der Waals surface area contributed by atoms with Crippen LogP contribution >= 0.6 is 11.3 Å². The zero-order chi connectivity index (χ0) is 15.9. The van der Waals surface area contributed by atoms with Gasteiger partial charge in [-0.25, -0.2) is 4.98 Å². The van der Waals surface area contributed by atoms with E-state index in [1.54, 1.807) is 17.5 Å². The molecule has 0 amide bonds. The summed E-state index contributed by atoms with van der Waals surface area (Å²) < 4.78 is 5.33. The van der Waals surface area contributed by atoms with Crippen molar-refractivity contribution in [3.8, 4) is 16.5 Å². The maximum absolute atomic E-state index is 8.73. The number of thiazole rings is 1. The van der Waals surface area contributed by atoms with E-state index in [2.05, 4.69) is 15.3 Å². The van der Waals surface area contributed by atoms with E-state index in [4.69, 9.17) is 9.84 Å². The van der Waals surface area contributed by atoms with Crippen LogP contribution in [0, 0.1) is 0 Å². The lowest BCUT2D eigenvalue weighted by molar-refractivity contribution is 0.201. The summed E-state index contributed by atoms with van der Waals surface area (Å²) in [5, 5.41) is 13.0. The predicted molar refractivity (Wildman–Crippen MR) is 91.7 cm³/mol. The highest BCUT2D eigenvalue weighted by molar-refractivity contribution is 7.15. The van der Waals surface area contributed by atoms with Crippen molar-refractivity contribution in [2.45, 2.75) is 6.54 Å². The van der Waals surface area contributed by atoms with Crippen LogP contribution in [-0.2, 0) is 6.54 Å². The second-order valence-electron chi connectivity index (χ2n) is 4.80. The lowest BCUT2D eigenvalue weighted by atomic mass is 10.3. The fourth-order valence-corrected chi connectivity index (χ4v) is 2.85. The SMILES string of the molecule is OCCOc1ccc(NCc2cnc(-c3ccccn3)s2)cc1. The minimum absolute atomic E-state index is 0.0178. The first-order valence-electron chi connectivity index (χ1n) is 7.29. The number of aromatic nitrogens is 2. The zero-order valence-electron chi connectivity index (χ0n) is 12.5. The maximum atomic E-state index is 8.73. The summed E-state index contributed by atoms with van der Waals surface area (Å²) in [6.45, 7) is 1.04. The number of nitrogens with one attached hydrogen (secondary N) is 1. The van der Waals surface area contributed by atoms with E-state index in [-0.39, 0.29) is 6.61 Å². The topological polar surface area (TPSA) is 67.3 Å². The molecule has 3 rings (SSSR count). The summed E-state index contributed by atoms with van der Waals surface area (Å²) in [4.78, 5) is 9.87. The van der Waals surface area contributed by atoms with Gasteiger partial charge in [-0.1, -0.05) is 6.07 Å². The summed E-state index contributed by atoms with van der Waals surface area (Å²) in [5.74, 6) is 0.750. The summed E-state index contributed by atoms with van der Waals surface area (Å²) >= 11 is 1.63. The first-order chi connectivity index (χ1) is 11.3. The van der Waals surface area contributed by atoms with Gasteiger partial charge in [0, 0.05) is 23.0 Å². The van der Waals surface area contributed by atoms with Crippen LogP contribution in [0.4, 0.5) is 5.69 Å². The third kappa shape index (κ3) is 4.28. The molecule has 23 heavy (non-hydrogen) atoms. The zero-order valence-corrected chi connectivity index (χ0v) is 13.3. The predicted octanol–water partition coefficient (Wildman–Crippen LogP) is 3.19. The lowest BCUT2D eigenvalue weighted by Crippen LogP contribution is -2.02. The van der Waals surface area contributed by atoms with Gasteiger partial charge in [-0.15, -0.1) is 11.3 Å². The molecule has 6 heteroatoms. The molecule has 1 aromatic carbocycles. The standard InChI is InChI=1S/C17H17N3O2S/c21-9-10-22-14-6-4-13(5-7-14)19-11-15-12-20-17(23-15)16-3-1-2-8-18-16/h1-8,12,19,21H,9-11H2. The second kappa shape index (κ2) is 7.71. The lowest BCUT2D eigenvalue weighted by Gasteiger charge is -2.07. The summed E-state index contributed by atoms with van der Waals surface area (Å²) in [6, 6.07) is 13.5. The molecule has 0 unspecified atom stereocenters. The Bertz CT molecular complexity index is 729. The average Bonchev–Trinajstić information content (AvgIpc) is 3.09. The number of nitrogens with zero attached hydrogens (tertiary/aromatic N) is 2. The van der Waals surface area contributed by atoms with Crippen molar-refractivity contribution in [3.05, 3.63) is 59.7 Å². The Kier molecular flexibility index (Phi) is 5.18. The molecule has 0 spiro atoms. The van der Waals surface area contributed by atoms with Crippen LogP contribution in [0.15, 0.2) is 54.9 Å². The van der Waals surface area contributed by atoms with Crippen molar-refractivity contribution < 1.29 is 9.84 Å². The molecule has 0 fully saturated rings. The van der Waals surface area contributed by atoms with Crippen LogP contribution in [0.2, 0.25) is 0 Å². The van der Waals surface area contributed by atoms with Crippen LogP contribution in [0.25, 0.3) is 10.7 Å². The molecular weight excluding hydrogens is 310 g/mol. The van der Waals surface area contributed by atoms with Crippen LogP contribution in [-0.4, -0.2) is 28.3 Å². The third-order valence-corrected chi connectivity index (χ3v) is 4.14. The van der Waals surface area contributed by atoms with Gasteiger partial charge in [0.05, 0.1) is 18.8 Å². The average molecular weight is 327 g/mol. The highest BCUT2D eigenvalue weighted by atomic mass is 32.1. The van der Waals surface area contributed by atoms with Crippen molar-refractivity contribution in [2.24, 2.45) is 0 Å². The third-order valence-electron chi connectivity index (χ3n) is 3.12. The monoisotopic (exact) mass is 327 g/mol. The summed E-state index contributed by atoms with van der Waals surface area (Å²) in [6.07, 6.45) is 3.65. The summed E-state index contributed by atoms with van der Waals surface area (Å²) in [7, 11) is 0. The molecule has 2 N–H and O–H groups in total. The quantitative estimate of drug-likeness (QED) is 0.697. The van der Waals surface area contributed by atoms with Crippen LogP contribution < -0.4 is 10.1 Å². The minimum Gasteiger partial charge on any atom is -0.491 e. The molecule has 0 bridgehead atoms. The van der Waals surface area contributed by atoms with Gasteiger partial charge in [-0.05, 0) is 36.4 Å². The largest absolute Gasteiger partial charge is 0.491 e. The van der Waals surface area contributed by atoms with Gasteiger partial charge in [0.25, 0.3) is 0 Å². The molecule has 2 heterocycles. The molecule has 0 saturated heterocycles. The number of aliphatic hydroxyl groups is 1. The van der Waals surface area contributed by atoms with Gasteiger partial charge in [-0.3, -0.25) is 4.98 Å². The Morgan fingerprint density at radius 1 is 1.09 bits per heavy atom. The van der Waals surface area contributed by atoms with E-state index in [9.17, 15) is 0 Å². The highest BCUT2D eigenvalue weighted by Crippen LogP contribution is 2.24. The van der Waals surface area contributed by atoms with Crippen molar-refractivity contribution in [2.75, 3.05) is 18.5 Å². The smallest absolute Gasteiger partial charge is 0.142 e. The maximum Gasteiger partial charge on any atom is 0.142 e. The first kappa shape index (κ1) is 15.5. The number of rotatable bonds is 7. The van der Waals surface area contributed by atoms with Crippen molar-refractivity contribution >= 4 is 17.0 Å². The fourth-order valence-electron chi connectivity index (χ4n) is 2.02. The summed E-state index contributed by atoms with van der Waals surface area (Å²) in [5.41, 5.74) is 1.91. The van der Waals surface area contributed by atoms with Gasteiger partial charge in [0.15, 0.2) is 0 Å². The van der Waals surface area contributed by atoms with Gasteiger partial charge in [0.1, 0.15) is 17.4 Å². The first-order valence-corrected chi connectivity index (χ1v) is 8.10. The number of anilines is 1. The van der Waals surface area contributed by atoms with Crippen LogP contribution in [0.3, 0.4) is 0 Å². The Labute approximate surface area is 138 Å². The van der Waals surface area contributed by atoms with E-state index in [0.717, 1.165) is 27.0 Å². The fraction of sp³-hybridized carbons (Fsp3) is 0.176. The molecule has 0 aliphatic rings. The Hall–Kier alpha value is -2.44. The van der Waals surface area contributed by atoms with Gasteiger partial charge in [0.2, 0.25) is 0 Å². The van der Waals surface area contributed by atoms with E-state index in [1.165, 1.54) is 0 Å². The van der Waals surface area contributed by atoms with Crippen LogP contribution in [0.1, 0.15) is 4.88 Å². The normalized spacial score (nSPS) is 10.5. The van der Waals surface area contributed by atoms with E-state index in [0.29, 0.717) is 13.2 Å². The molecule has 0 aliphatic carbocycles. The number of hydrogen-bond acceptors (Lipinski definition) is 6. The van der Waals surface area contributed by atoms with E-state index in [1.807, 2.05) is 48.7 Å². The van der Waals surface area contributed by atoms with Crippen molar-refractivity contribution in [3.63, 3.8) is 0 Å². The highest BCUT2D eigenvalue weighted by Gasteiger charge is 2.05. The minimum atomic E-state index is 0.0178. The van der Waals surface area contributed by atoms with Crippen LogP contribution in [0.5, 0.6) is 5.75 Å². The van der Waals surface area contributed by atoms with Gasteiger partial charge < -0.3 is 15.2 Å². The molecule has 2 aromatic heterocycles. The van der Waals surface area contributed by atoms with E-state index >= 15 is 0 Å². The molecule has 118 valence electrons. The van der Waals surface area contributed by atoms with Crippen molar-refractivity contribution in [1.29, 1.82) is 0 Å². The molecule has 0 saturated carbocycles. The van der Waals surface area contributed by atoms with Gasteiger partial charge in [-0.2, -0.15) is 0 Å². The number of ether oxygens (including phenoxy) is 1. The molecule has 5 nitrogen and oxygen atoms in total. The molecule has 0 atom stereocenters. The van der Waals surface area contributed by atoms with Crippen molar-refractivity contribution in [1.82, 2.24) is 9.97 Å².